The smallest absolute Gasteiger partial charge is 0.242 e. The van der Waals surface area contributed by atoms with Gasteiger partial charge in [-0.25, -0.2) is 12.7 Å². The average molecular weight is 434 g/mol. The fourth-order valence-corrected chi connectivity index (χ4v) is 5.12. The number of thioether (sulfide) groups is 1. The average Bonchev–Trinajstić information content (AvgIpc) is 2.70. The monoisotopic (exact) mass is 433 g/mol. The van der Waals surface area contributed by atoms with Crippen LogP contribution in [0, 0.1) is 0 Å². The molecule has 9 heteroatoms. The molecule has 154 valence electrons. The molecule has 0 aliphatic carbocycles. The van der Waals surface area contributed by atoms with Crippen LogP contribution in [0.1, 0.15) is 12.0 Å². The first kappa shape index (κ1) is 21.4. The van der Waals surface area contributed by atoms with E-state index in [1.54, 1.807) is 13.1 Å². The molecule has 0 spiro atoms. The lowest BCUT2D eigenvalue weighted by molar-refractivity contribution is -0.124. The number of nitrogens with one attached hydrogen (secondary N) is 1. The van der Waals surface area contributed by atoms with Crippen LogP contribution in [0.5, 0.6) is 0 Å². The van der Waals surface area contributed by atoms with Crippen molar-refractivity contribution >= 4 is 39.3 Å². The molecule has 2 amide bonds. The second kappa shape index (κ2) is 8.56. The zero-order chi connectivity index (χ0) is 21.2. The molecule has 1 heterocycles. The lowest BCUT2D eigenvalue weighted by atomic mass is 10.2. The maximum Gasteiger partial charge on any atom is 0.242 e. The van der Waals surface area contributed by atoms with Crippen LogP contribution >= 0.6 is 11.8 Å². The summed E-state index contributed by atoms with van der Waals surface area (Å²) < 4.78 is 25.9. The molecule has 1 N–H and O–H groups in total. The third-order valence-corrected chi connectivity index (χ3v) is 7.71. The molecule has 0 bridgehead atoms. The highest BCUT2D eigenvalue weighted by Crippen LogP contribution is 2.41. The second-order valence-electron chi connectivity index (χ2n) is 6.89. The minimum atomic E-state index is -3.60. The molecule has 0 saturated heterocycles. The van der Waals surface area contributed by atoms with E-state index < -0.39 is 15.3 Å². The van der Waals surface area contributed by atoms with Gasteiger partial charge in [0.2, 0.25) is 21.8 Å². The normalized spacial score (nSPS) is 16.6. The highest BCUT2D eigenvalue weighted by atomic mass is 32.2. The van der Waals surface area contributed by atoms with E-state index >= 15 is 0 Å². The van der Waals surface area contributed by atoms with Crippen molar-refractivity contribution in [2.24, 2.45) is 0 Å². The maximum absolute atomic E-state index is 12.8. The number of anilines is 1. The number of nitrogens with zero attached hydrogens (tertiary/aromatic N) is 2. The molecular formula is C20H23N3O4S2. The minimum Gasteiger partial charge on any atom is -0.352 e. The van der Waals surface area contributed by atoms with Crippen molar-refractivity contribution < 1.29 is 18.0 Å². The van der Waals surface area contributed by atoms with E-state index in [2.05, 4.69) is 5.32 Å². The van der Waals surface area contributed by atoms with Crippen LogP contribution in [0.3, 0.4) is 0 Å². The number of sulfonamides is 1. The van der Waals surface area contributed by atoms with Crippen molar-refractivity contribution in [2.45, 2.75) is 28.0 Å². The van der Waals surface area contributed by atoms with Gasteiger partial charge in [-0.2, -0.15) is 0 Å². The van der Waals surface area contributed by atoms with Crippen LogP contribution in [0.4, 0.5) is 5.69 Å². The Balaban J connectivity index is 1.72. The highest BCUT2D eigenvalue weighted by Gasteiger charge is 2.34. The zero-order valence-electron chi connectivity index (χ0n) is 16.5. The van der Waals surface area contributed by atoms with Crippen LogP contribution in [0.2, 0.25) is 0 Å². The SMILES string of the molecule is CN1C(=O)[C@@H](CC(=O)NCc2ccccc2)Sc2ccc(S(=O)(=O)N(C)C)cc21. The summed E-state index contributed by atoms with van der Waals surface area (Å²) >= 11 is 1.29. The van der Waals surface area contributed by atoms with Crippen molar-refractivity contribution in [1.82, 2.24) is 9.62 Å². The molecule has 2 aromatic rings. The number of amides is 2. The number of carbonyl (C=O) groups excluding carboxylic acids is 2. The number of hydrogen-bond acceptors (Lipinski definition) is 5. The molecule has 1 aliphatic heterocycles. The van der Waals surface area contributed by atoms with Crippen molar-refractivity contribution in [1.29, 1.82) is 0 Å². The fourth-order valence-electron chi connectivity index (χ4n) is 2.93. The number of hydrogen-bond donors (Lipinski definition) is 1. The topological polar surface area (TPSA) is 86.8 Å². The van der Waals surface area contributed by atoms with E-state index in [1.165, 1.54) is 42.9 Å². The van der Waals surface area contributed by atoms with Crippen molar-refractivity contribution in [3.05, 3.63) is 54.1 Å². The third-order valence-electron chi connectivity index (χ3n) is 4.65. The fraction of sp³-hybridized carbons (Fsp3) is 0.300. The molecule has 0 unspecified atom stereocenters. The first-order chi connectivity index (χ1) is 13.7. The van der Waals surface area contributed by atoms with Crippen molar-refractivity contribution in [3.8, 4) is 0 Å². The Kier molecular flexibility index (Phi) is 6.30. The number of benzene rings is 2. The van der Waals surface area contributed by atoms with Gasteiger partial charge in [0.25, 0.3) is 0 Å². The molecule has 1 aliphatic rings. The highest BCUT2D eigenvalue weighted by molar-refractivity contribution is 8.01. The van der Waals surface area contributed by atoms with E-state index in [1.807, 2.05) is 30.3 Å². The van der Waals surface area contributed by atoms with E-state index in [0.29, 0.717) is 12.2 Å². The molecule has 0 fully saturated rings. The number of rotatable bonds is 6. The van der Waals surface area contributed by atoms with Gasteiger partial charge in [-0.3, -0.25) is 9.59 Å². The number of fused-ring (bicyclic) bond motifs is 1. The molecule has 0 aromatic heterocycles. The van der Waals surface area contributed by atoms with Gasteiger partial charge < -0.3 is 10.2 Å². The Morgan fingerprint density at radius 3 is 2.52 bits per heavy atom. The Hall–Kier alpha value is -2.36. The predicted molar refractivity (Wildman–Crippen MR) is 113 cm³/mol. The Morgan fingerprint density at radius 1 is 1.17 bits per heavy atom. The molecule has 0 saturated carbocycles. The first-order valence-corrected chi connectivity index (χ1v) is 11.3. The molecule has 29 heavy (non-hydrogen) atoms. The molecule has 7 nitrogen and oxygen atoms in total. The predicted octanol–water partition coefficient (Wildman–Crippen LogP) is 2.08. The van der Waals surface area contributed by atoms with E-state index in [-0.39, 0.29) is 23.1 Å². The molecule has 1 atom stereocenters. The van der Waals surface area contributed by atoms with Crippen molar-refractivity contribution in [3.63, 3.8) is 0 Å². The maximum atomic E-state index is 12.8. The van der Waals surface area contributed by atoms with Crippen LogP contribution in [-0.2, 0) is 26.2 Å². The standard InChI is InChI=1S/C20H23N3O4S2/c1-22(2)29(26,27)15-9-10-17-16(11-15)23(3)20(25)18(28-17)12-19(24)21-13-14-7-5-4-6-8-14/h4-11,18H,12-13H2,1-3H3,(H,21,24)/t18-/m1/s1. The van der Waals surface area contributed by atoms with Crippen LogP contribution in [0.25, 0.3) is 0 Å². The van der Waals surface area contributed by atoms with Crippen molar-refractivity contribution in [2.75, 3.05) is 26.0 Å². The van der Waals surface area contributed by atoms with Gasteiger partial charge in [0, 0.05) is 39.0 Å². The van der Waals surface area contributed by atoms with E-state index in [0.717, 1.165) is 14.8 Å². The van der Waals surface area contributed by atoms with Gasteiger partial charge in [-0.05, 0) is 23.8 Å². The Morgan fingerprint density at radius 2 is 1.86 bits per heavy atom. The summed E-state index contributed by atoms with van der Waals surface area (Å²) in [6.45, 7) is 0.406. The minimum absolute atomic E-state index is 0.0534. The summed E-state index contributed by atoms with van der Waals surface area (Å²) in [5.41, 5.74) is 1.52. The summed E-state index contributed by atoms with van der Waals surface area (Å²) in [6.07, 6.45) is 0.0534. The van der Waals surface area contributed by atoms with Gasteiger partial charge in [0.05, 0.1) is 15.8 Å². The third kappa shape index (κ3) is 4.63. The van der Waals surface area contributed by atoms with Gasteiger partial charge >= 0.3 is 0 Å². The van der Waals surface area contributed by atoms with Gasteiger partial charge in [-0.15, -0.1) is 11.8 Å². The quantitative estimate of drug-likeness (QED) is 0.754. The molecular weight excluding hydrogens is 410 g/mol. The first-order valence-electron chi connectivity index (χ1n) is 9.01. The Bertz CT molecular complexity index is 1020. The van der Waals surface area contributed by atoms with E-state index in [9.17, 15) is 18.0 Å². The van der Waals surface area contributed by atoms with Gasteiger partial charge in [-0.1, -0.05) is 30.3 Å². The summed E-state index contributed by atoms with van der Waals surface area (Å²) in [4.78, 5) is 27.4. The lowest BCUT2D eigenvalue weighted by Crippen LogP contribution is -2.41. The van der Waals surface area contributed by atoms with Crippen LogP contribution in [-0.4, -0.2) is 50.9 Å². The molecule has 3 rings (SSSR count). The zero-order valence-corrected chi connectivity index (χ0v) is 18.1. The second-order valence-corrected chi connectivity index (χ2v) is 10.3. The van der Waals surface area contributed by atoms with Crippen LogP contribution in [0.15, 0.2) is 58.3 Å². The summed E-state index contributed by atoms with van der Waals surface area (Å²) in [6, 6.07) is 14.3. The summed E-state index contributed by atoms with van der Waals surface area (Å²) in [5.74, 6) is -0.430. The summed E-state index contributed by atoms with van der Waals surface area (Å²) in [7, 11) is 0.925. The summed E-state index contributed by atoms with van der Waals surface area (Å²) in [5, 5.41) is 2.28. The molecule has 2 aromatic carbocycles. The molecule has 0 radical (unpaired) electrons. The van der Waals surface area contributed by atoms with E-state index in [4.69, 9.17) is 0 Å². The van der Waals surface area contributed by atoms with Crippen LogP contribution < -0.4 is 10.2 Å². The van der Waals surface area contributed by atoms with Gasteiger partial charge in [0.1, 0.15) is 0 Å². The Labute approximate surface area is 175 Å². The number of carbonyl (C=O) groups is 2. The van der Waals surface area contributed by atoms with Gasteiger partial charge in [0.15, 0.2) is 0 Å². The largest absolute Gasteiger partial charge is 0.352 e. The lowest BCUT2D eigenvalue weighted by Gasteiger charge is -2.31.